The van der Waals surface area contributed by atoms with Crippen LogP contribution in [0.15, 0.2) is 30.6 Å². The first-order valence-electron chi connectivity index (χ1n) is 8.61. The van der Waals surface area contributed by atoms with Gasteiger partial charge in [-0.25, -0.2) is 4.98 Å². The molecule has 7 nitrogen and oxygen atoms in total. The van der Waals surface area contributed by atoms with Gasteiger partial charge in [0.2, 0.25) is 10.8 Å². The van der Waals surface area contributed by atoms with Gasteiger partial charge in [-0.3, -0.25) is 4.90 Å². The first-order chi connectivity index (χ1) is 12.6. The fraction of sp³-hybridized carbons (Fsp3) is 0.444. The Labute approximate surface area is 155 Å². The number of hydrogen-bond acceptors (Lipinski definition) is 7. The minimum Gasteiger partial charge on any atom is -0.497 e. The first kappa shape index (κ1) is 17.3. The summed E-state index contributed by atoms with van der Waals surface area (Å²) >= 11 is 1.46. The fourth-order valence-corrected chi connectivity index (χ4v) is 4.73. The number of aromatic nitrogens is 3. The maximum absolute atomic E-state index is 10.8. The van der Waals surface area contributed by atoms with E-state index in [1.807, 2.05) is 18.2 Å². The van der Waals surface area contributed by atoms with Gasteiger partial charge in [0, 0.05) is 13.1 Å². The molecule has 0 unspecified atom stereocenters. The van der Waals surface area contributed by atoms with Gasteiger partial charge in [-0.2, -0.15) is 9.61 Å². The molecule has 3 aromatic rings. The number of morpholine rings is 1. The average molecular weight is 374 g/mol. The molecule has 1 aliphatic rings. The molecule has 0 radical (unpaired) electrons. The Bertz CT molecular complexity index is 899. The van der Waals surface area contributed by atoms with Gasteiger partial charge in [0.1, 0.15) is 12.1 Å². The molecule has 2 aromatic heterocycles. The third-order valence-corrected chi connectivity index (χ3v) is 5.70. The van der Waals surface area contributed by atoms with Crippen molar-refractivity contribution in [2.24, 2.45) is 0 Å². The molecule has 8 heteroatoms. The Morgan fingerprint density at radius 3 is 2.77 bits per heavy atom. The maximum Gasteiger partial charge on any atom is 0.230 e. The summed E-state index contributed by atoms with van der Waals surface area (Å²) in [4.78, 5) is 8.08. The SMILES string of the molecule is COc1cccc([C@H](c2sc3ncnn3c2O)N2C[C@H](C)O[C@@H](C)C2)c1. The second-order valence-electron chi connectivity index (χ2n) is 6.63. The van der Waals surface area contributed by atoms with Gasteiger partial charge < -0.3 is 14.6 Å². The number of nitrogens with zero attached hydrogens (tertiary/aromatic N) is 4. The Morgan fingerprint density at radius 1 is 1.31 bits per heavy atom. The van der Waals surface area contributed by atoms with Gasteiger partial charge in [0.05, 0.1) is 30.2 Å². The van der Waals surface area contributed by atoms with Gasteiger partial charge in [0.15, 0.2) is 0 Å². The molecule has 0 aliphatic carbocycles. The second-order valence-corrected chi connectivity index (χ2v) is 7.64. The van der Waals surface area contributed by atoms with Crippen molar-refractivity contribution in [2.45, 2.75) is 32.1 Å². The average Bonchev–Trinajstić information content (AvgIpc) is 3.19. The van der Waals surface area contributed by atoms with Crippen LogP contribution >= 0.6 is 11.3 Å². The van der Waals surface area contributed by atoms with Crippen molar-refractivity contribution in [3.05, 3.63) is 41.0 Å². The van der Waals surface area contributed by atoms with E-state index in [1.54, 1.807) is 7.11 Å². The zero-order valence-electron chi connectivity index (χ0n) is 15.0. The van der Waals surface area contributed by atoms with Crippen molar-refractivity contribution in [3.8, 4) is 11.6 Å². The summed E-state index contributed by atoms with van der Waals surface area (Å²) in [5, 5.41) is 14.9. The molecule has 1 fully saturated rings. The predicted octanol–water partition coefficient (Wildman–Crippen LogP) is 2.70. The highest BCUT2D eigenvalue weighted by molar-refractivity contribution is 7.17. The van der Waals surface area contributed by atoms with E-state index in [2.05, 4.69) is 34.9 Å². The number of methoxy groups -OCH3 is 1. The van der Waals surface area contributed by atoms with E-state index in [0.29, 0.717) is 4.96 Å². The van der Waals surface area contributed by atoms with Gasteiger partial charge >= 0.3 is 0 Å². The van der Waals surface area contributed by atoms with Crippen LogP contribution in [0.25, 0.3) is 4.96 Å². The van der Waals surface area contributed by atoms with Crippen LogP contribution < -0.4 is 4.74 Å². The van der Waals surface area contributed by atoms with Crippen LogP contribution in [0.3, 0.4) is 0 Å². The van der Waals surface area contributed by atoms with Crippen LogP contribution in [0, 0.1) is 0 Å². The van der Waals surface area contributed by atoms with Crippen LogP contribution in [-0.4, -0.2) is 57.0 Å². The number of thiazole rings is 1. The molecular weight excluding hydrogens is 352 g/mol. The quantitative estimate of drug-likeness (QED) is 0.757. The lowest BCUT2D eigenvalue weighted by atomic mass is 10.0. The van der Waals surface area contributed by atoms with E-state index < -0.39 is 0 Å². The van der Waals surface area contributed by atoms with Gasteiger partial charge in [-0.1, -0.05) is 23.5 Å². The summed E-state index contributed by atoms with van der Waals surface area (Å²) in [5.41, 5.74) is 1.06. The van der Waals surface area contributed by atoms with E-state index in [0.717, 1.165) is 29.3 Å². The maximum atomic E-state index is 10.8. The molecule has 138 valence electrons. The summed E-state index contributed by atoms with van der Waals surface area (Å²) in [6.45, 7) is 5.71. The van der Waals surface area contributed by atoms with Crippen molar-refractivity contribution in [2.75, 3.05) is 20.2 Å². The number of rotatable bonds is 4. The lowest BCUT2D eigenvalue weighted by molar-refractivity contribution is -0.0764. The predicted molar refractivity (Wildman–Crippen MR) is 98.9 cm³/mol. The van der Waals surface area contributed by atoms with E-state index in [-0.39, 0.29) is 24.1 Å². The highest BCUT2D eigenvalue weighted by atomic mass is 32.1. The molecule has 0 spiro atoms. The normalized spacial score (nSPS) is 22.6. The van der Waals surface area contributed by atoms with E-state index in [9.17, 15) is 5.11 Å². The summed E-state index contributed by atoms with van der Waals surface area (Å²) in [5.74, 6) is 0.933. The number of ether oxygens (including phenoxy) is 2. The zero-order chi connectivity index (χ0) is 18.3. The first-order valence-corrected chi connectivity index (χ1v) is 9.43. The molecule has 1 N–H and O–H groups in total. The molecular formula is C18H22N4O3S. The zero-order valence-corrected chi connectivity index (χ0v) is 15.8. The van der Waals surface area contributed by atoms with Crippen molar-refractivity contribution in [1.29, 1.82) is 0 Å². The van der Waals surface area contributed by atoms with Crippen LogP contribution in [0.4, 0.5) is 0 Å². The summed E-state index contributed by atoms with van der Waals surface area (Å²) in [6.07, 6.45) is 1.70. The fourth-order valence-electron chi connectivity index (χ4n) is 3.64. The Kier molecular flexibility index (Phi) is 4.56. The van der Waals surface area contributed by atoms with Gasteiger partial charge in [0.25, 0.3) is 0 Å². The van der Waals surface area contributed by atoms with E-state index in [4.69, 9.17) is 9.47 Å². The van der Waals surface area contributed by atoms with Crippen molar-refractivity contribution < 1.29 is 14.6 Å². The minimum atomic E-state index is -0.118. The van der Waals surface area contributed by atoms with Crippen molar-refractivity contribution in [1.82, 2.24) is 19.5 Å². The van der Waals surface area contributed by atoms with Crippen LogP contribution in [0.1, 0.15) is 30.3 Å². The standard InChI is InChI=1S/C18H22N4O3S/c1-11-8-21(9-12(2)25-11)15(13-5-4-6-14(7-13)24-3)16-17(23)22-18(26-16)19-10-20-22/h4-7,10-12,15,23H,8-9H2,1-3H3/t11-,12-,15+/m0/s1. The van der Waals surface area contributed by atoms with E-state index in [1.165, 1.54) is 22.2 Å². The number of hydrogen-bond donors (Lipinski definition) is 1. The molecule has 3 atom stereocenters. The highest BCUT2D eigenvalue weighted by Crippen LogP contribution is 2.41. The topological polar surface area (TPSA) is 72.1 Å². The van der Waals surface area contributed by atoms with Crippen molar-refractivity contribution in [3.63, 3.8) is 0 Å². The van der Waals surface area contributed by atoms with Gasteiger partial charge in [-0.05, 0) is 31.5 Å². The number of aromatic hydroxyl groups is 1. The molecule has 1 aliphatic heterocycles. The molecule has 1 aromatic carbocycles. The summed E-state index contributed by atoms with van der Waals surface area (Å²) in [6, 6.07) is 7.86. The lowest BCUT2D eigenvalue weighted by Gasteiger charge is -2.40. The molecule has 4 rings (SSSR count). The minimum absolute atomic E-state index is 0.118. The van der Waals surface area contributed by atoms with Crippen molar-refractivity contribution >= 4 is 16.3 Å². The van der Waals surface area contributed by atoms with Crippen LogP contribution in [0.5, 0.6) is 11.6 Å². The smallest absolute Gasteiger partial charge is 0.230 e. The molecule has 1 saturated heterocycles. The molecule has 0 saturated carbocycles. The van der Waals surface area contributed by atoms with Crippen LogP contribution in [0.2, 0.25) is 0 Å². The molecule has 26 heavy (non-hydrogen) atoms. The largest absolute Gasteiger partial charge is 0.497 e. The van der Waals surface area contributed by atoms with E-state index >= 15 is 0 Å². The third kappa shape index (κ3) is 3.04. The second kappa shape index (κ2) is 6.86. The van der Waals surface area contributed by atoms with Gasteiger partial charge in [-0.15, -0.1) is 0 Å². The molecule has 0 amide bonds. The highest BCUT2D eigenvalue weighted by Gasteiger charge is 2.34. The Balaban J connectivity index is 1.83. The number of fused-ring (bicyclic) bond motifs is 1. The monoisotopic (exact) mass is 374 g/mol. The Hall–Kier alpha value is -2.16. The third-order valence-electron chi connectivity index (χ3n) is 4.61. The summed E-state index contributed by atoms with van der Waals surface area (Å²) in [7, 11) is 1.66. The lowest BCUT2D eigenvalue weighted by Crippen LogP contribution is -2.47. The number of benzene rings is 1. The Morgan fingerprint density at radius 2 is 2.08 bits per heavy atom. The molecule has 0 bridgehead atoms. The molecule has 3 heterocycles. The summed E-state index contributed by atoms with van der Waals surface area (Å²) < 4.78 is 12.8. The van der Waals surface area contributed by atoms with Crippen LogP contribution in [-0.2, 0) is 4.74 Å².